The summed E-state index contributed by atoms with van der Waals surface area (Å²) in [6.07, 6.45) is 4.37. The van der Waals surface area contributed by atoms with Crippen LogP contribution in [0.3, 0.4) is 0 Å². The van der Waals surface area contributed by atoms with Gasteiger partial charge in [-0.1, -0.05) is 32.0 Å². The van der Waals surface area contributed by atoms with Crippen molar-refractivity contribution in [2.75, 3.05) is 18.4 Å². The third-order valence-electron chi connectivity index (χ3n) is 5.64. The zero-order chi connectivity index (χ0) is 20.4. The molecule has 152 valence electrons. The van der Waals surface area contributed by atoms with Crippen molar-refractivity contribution >= 4 is 32.3 Å². The summed E-state index contributed by atoms with van der Waals surface area (Å²) in [6.45, 7) is 4.64. The van der Waals surface area contributed by atoms with E-state index >= 15 is 0 Å². The Morgan fingerprint density at radius 3 is 2.38 bits per heavy atom. The van der Waals surface area contributed by atoms with Gasteiger partial charge in [-0.05, 0) is 61.6 Å². The number of sulfonamides is 1. The van der Waals surface area contributed by atoms with E-state index in [0.29, 0.717) is 18.0 Å². The molecule has 0 spiro atoms. The molecule has 0 saturated carbocycles. The number of hydrogen-bond donors (Lipinski definition) is 1. The first-order valence-electron chi connectivity index (χ1n) is 10.3. The predicted octanol–water partition coefficient (Wildman–Crippen LogP) is 4.89. The second-order valence-corrected chi connectivity index (χ2v) is 9.31. The van der Waals surface area contributed by atoms with Crippen LogP contribution in [0.5, 0.6) is 0 Å². The molecule has 1 heterocycles. The Bertz CT molecular complexity index is 1120. The molecule has 1 N–H and O–H groups in total. The highest BCUT2D eigenvalue weighted by Gasteiger charge is 2.22. The summed E-state index contributed by atoms with van der Waals surface area (Å²) in [6, 6.07) is 15.3. The largest absolute Gasteiger partial charge is 0.355 e. The van der Waals surface area contributed by atoms with Crippen molar-refractivity contribution in [1.29, 1.82) is 0 Å². The van der Waals surface area contributed by atoms with Gasteiger partial charge in [0.15, 0.2) is 0 Å². The molecule has 2 aromatic carbocycles. The van der Waals surface area contributed by atoms with E-state index < -0.39 is 10.0 Å². The third kappa shape index (κ3) is 3.74. The Kier molecular flexibility index (Phi) is 5.56. The SMILES string of the molecule is CCN(CC)S(=O)(=O)c1ccc(Nc2c3c(nc4ccccc24)CCCC3)cc1. The quantitative estimate of drug-likeness (QED) is 0.630. The molecule has 1 aromatic heterocycles. The minimum Gasteiger partial charge on any atom is -0.355 e. The van der Waals surface area contributed by atoms with E-state index in [-0.39, 0.29) is 0 Å². The monoisotopic (exact) mass is 409 g/mol. The van der Waals surface area contributed by atoms with Crippen LogP contribution >= 0.6 is 0 Å². The summed E-state index contributed by atoms with van der Waals surface area (Å²) >= 11 is 0. The molecule has 0 atom stereocenters. The molecule has 0 unspecified atom stereocenters. The van der Waals surface area contributed by atoms with Crippen LogP contribution in [0.2, 0.25) is 0 Å². The van der Waals surface area contributed by atoms with Crippen molar-refractivity contribution < 1.29 is 8.42 Å². The van der Waals surface area contributed by atoms with Gasteiger partial charge in [-0.25, -0.2) is 8.42 Å². The molecule has 0 amide bonds. The van der Waals surface area contributed by atoms with Crippen LogP contribution in [0.1, 0.15) is 37.9 Å². The van der Waals surface area contributed by atoms with E-state index in [0.717, 1.165) is 35.1 Å². The van der Waals surface area contributed by atoms with Gasteiger partial charge >= 0.3 is 0 Å². The fourth-order valence-corrected chi connectivity index (χ4v) is 5.54. The lowest BCUT2D eigenvalue weighted by molar-refractivity contribution is 0.445. The molecule has 0 bridgehead atoms. The van der Waals surface area contributed by atoms with E-state index in [2.05, 4.69) is 17.4 Å². The standard InChI is InChI=1S/C23H27N3O2S/c1-3-26(4-2)29(27,28)18-15-13-17(14-16-18)24-23-19-9-5-7-11-21(19)25-22-12-8-6-10-20(22)23/h5,7,9,11,13-16H,3-4,6,8,10,12H2,1-2H3,(H,24,25). The molecule has 0 aliphatic heterocycles. The number of nitrogens with one attached hydrogen (secondary N) is 1. The second-order valence-electron chi connectivity index (χ2n) is 7.38. The van der Waals surface area contributed by atoms with E-state index in [1.165, 1.54) is 28.4 Å². The van der Waals surface area contributed by atoms with Crippen LogP contribution in [0, 0.1) is 0 Å². The lowest BCUT2D eigenvalue weighted by atomic mass is 9.92. The summed E-state index contributed by atoms with van der Waals surface area (Å²) in [5.41, 5.74) is 5.45. The summed E-state index contributed by atoms with van der Waals surface area (Å²) in [7, 11) is -3.44. The topological polar surface area (TPSA) is 62.3 Å². The number of benzene rings is 2. The van der Waals surface area contributed by atoms with E-state index in [1.807, 2.05) is 38.1 Å². The van der Waals surface area contributed by atoms with Crippen LogP contribution in [0.4, 0.5) is 11.4 Å². The molecule has 1 aliphatic rings. The number of anilines is 2. The fraction of sp³-hybridized carbons (Fsp3) is 0.348. The third-order valence-corrected chi connectivity index (χ3v) is 7.70. The summed E-state index contributed by atoms with van der Waals surface area (Å²) in [5, 5.41) is 4.67. The number of fused-ring (bicyclic) bond motifs is 2. The van der Waals surface area contributed by atoms with Crippen molar-refractivity contribution in [2.45, 2.75) is 44.4 Å². The Labute approximate surface area is 172 Å². The molecule has 5 nitrogen and oxygen atoms in total. The van der Waals surface area contributed by atoms with Crippen molar-refractivity contribution in [2.24, 2.45) is 0 Å². The molecule has 0 saturated heterocycles. The Morgan fingerprint density at radius 1 is 0.966 bits per heavy atom. The van der Waals surface area contributed by atoms with Crippen molar-refractivity contribution in [3.63, 3.8) is 0 Å². The first-order valence-corrected chi connectivity index (χ1v) is 11.8. The van der Waals surface area contributed by atoms with Crippen molar-refractivity contribution in [1.82, 2.24) is 9.29 Å². The molecule has 6 heteroatoms. The number of aromatic nitrogens is 1. The number of pyridine rings is 1. The maximum absolute atomic E-state index is 12.7. The maximum Gasteiger partial charge on any atom is 0.243 e. The summed E-state index contributed by atoms with van der Waals surface area (Å²) < 4.78 is 26.9. The van der Waals surface area contributed by atoms with Crippen LogP contribution in [-0.4, -0.2) is 30.8 Å². The van der Waals surface area contributed by atoms with Gasteiger partial charge in [-0.2, -0.15) is 4.31 Å². The Morgan fingerprint density at radius 2 is 1.66 bits per heavy atom. The van der Waals surface area contributed by atoms with Gasteiger partial charge in [-0.3, -0.25) is 4.98 Å². The highest BCUT2D eigenvalue weighted by Crippen LogP contribution is 2.35. The molecule has 0 radical (unpaired) electrons. The summed E-state index contributed by atoms with van der Waals surface area (Å²) in [5.74, 6) is 0. The van der Waals surface area contributed by atoms with Gasteiger partial charge in [0.25, 0.3) is 0 Å². The number of hydrogen-bond acceptors (Lipinski definition) is 4. The van der Waals surface area contributed by atoms with E-state index in [4.69, 9.17) is 4.98 Å². The Hall–Kier alpha value is -2.44. The van der Waals surface area contributed by atoms with E-state index in [9.17, 15) is 8.42 Å². The highest BCUT2D eigenvalue weighted by atomic mass is 32.2. The van der Waals surface area contributed by atoms with Gasteiger partial charge in [-0.15, -0.1) is 0 Å². The van der Waals surface area contributed by atoms with Gasteiger partial charge < -0.3 is 5.32 Å². The van der Waals surface area contributed by atoms with Gasteiger partial charge in [0, 0.05) is 29.9 Å². The minimum atomic E-state index is -3.44. The minimum absolute atomic E-state index is 0.327. The second kappa shape index (κ2) is 8.13. The zero-order valence-corrected chi connectivity index (χ0v) is 17.8. The molecule has 0 fully saturated rings. The van der Waals surface area contributed by atoms with Gasteiger partial charge in [0.1, 0.15) is 0 Å². The smallest absolute Gasteiger partial charge is 0.243 e. The number of para-hydroxylation sites is 1. The molecule has 1 aliphatic carbocycles. The van der Waals surface area contributed by atoms with Crippen molar-refractivity contribution in [3.05, 3.63) is 59.8 Å². The average molecular weight is 410 g/mol. The summed E-state index contributed by atoms with van der Waals surface area (Å²) in [4.78, 5) is 5.20. The molecule has 4 rings (SSSR count). The first-order chi connectivity index (χ1) is 14.0. The average Bonchev–Trinajstić information content (AvgIpc) is 2.74. The molecule has 29 heavy (non-hydrogen) atoms. The van der Waals surface area contributed by atoms with Crippen LogP contribution in [-0.2, 0) is 22.9 Å². The first kappa shape index (κ1) is 19.9. The lowest BCUT2D eigenvalue weighted by Crippen LogP contribution is -2.30. The van der Waals surface area contributed by atoms with E-state index in [1.54, 1.807) is 12.1 Å². The predicted molar refractivity (Wildman–Crippen MR) is 118 cm³/mol. The maximum atomic E-state index is 12.7. The number of rotatable bonds is 6. The number of aryl methyl sites for hydroxylation is 1. The van der Waals surface area contributed by atoms with Gasteiger partial charge in [0.2, 0.25) is 10.0 Å². The van der Waals surface area contributed by atoms with Crippen LogP contribution < -0.4 is 5.32 Å². The van der Waals surface area contributed by atoms with Crippen LogP contribution in [0.25, 0.3) is 10.9 Å². The van der Waals surface area contributed by atoms with Crippen molar-refractivity contribution in [3.8, 4) is 0 Å². The Balaban J connectivity index is 1.71. The number of nitrogens with zero attached hydrogens (tertiary/aromatic N) is 2. The molecular weight excluding hydrogens is 382 g/mol. The highest BCUT2D eigenvalue weighted by molar-refractivity contribution is 7.89. The lowest BCUT2D eigenvalue weighted by Gasteiger charge is -2.22. The van der Waals surface area contributed by atoms with Crippen LogP contribution in [0.15, 0.2) is 53.4 Å². The van der Waals surface area contributed by atoms with Gasteiger partial charge in [0.05, 0.1) is 16.1 Å². The zero-order valence-electron chi connectivity index (χ0n) is 17.0. The fourth-order valence-electron chi connectivity index (χ4n) is 4.08. The molecule has 3 aromatic rings. The normalized spacial score (nSPS) is 14.2. The molecular formula is C23H27N3O2S.